The SMILES string of the molecule is Cc1ncc(C(O)c2cccs2)s1. The van der Waals surface area contributed by atoms with Gasteiger partial charge in [0.1, 0.15) is 6.10 Å². The molecule has 13 heavy (non-hydrogen) atoms. The fourth-order valence-corrected chi connectivity index (χ4v) is 2.68. The zero-order chi connectivity index (χ0) is 9.26. The number of rotatable bonds is 2. The number of hydrogen-bond donors (Lipinski definition) is 1. The Morgan fingerprint density at radius 1 is 1.46 bits per heavy atom. The number of aliphatic hydroxyl groups is 1. The molecule has 0 aromatic carbocycles. The van der Waals surface area contributed by atoms with Crippen LogP contribution in [0.25, 0.3) is 0 Å². The quantitative estimate of drug-likeness (QED) is 0.828. The summed E-state index contributed by atoms with van der Waals surface area (Å²) in [4.78, 5) is 6.00. The second-order valence-electron chi connectivity index (χ2n) is 2.70. The second-order valence-corrected chi connectivity index (χ2v) is 4.95. The Morgan fingerprint density at radius 3 is 2.85 bits per heavy atom. The third-order valence-corrected chi connectivity index (χ3v) is 3.61. The lowest BCUT2D eigenvalue weighted by molar-refractivity contribution is 0.228. The second kappa shape index (κ2) is 3.57. The van der Waals surface area contributed by atoms with Crippen LogP contribution in [0.15, 0.2) is 23.7 Å². The molecule has 2 nitrogen and oxygen atoms in total. The molecular formula is C9H9NOS2. The first kappa shape index (κ1) is 8.87. The Bertz CT molecular complexity index is 380. The van der Waals surface area contributed by atoms with Crippen molar-refractivity contribution >= 4 is 22.7 Å². The molecule has 0 aliphatic rings. The van der Waals surface area contributed by atoms with Gasteiger partial charge in [-0.1, -0.05) is 6.07 Å². The molecule has 2 aromatic heterocycles. The van der Waals surface area contributed by atoms with Crippen molar-refractivity contribution in [2.24, 2.45) is 0 Å². The van der Waals surface area contributed by atoms with Crippen molar-refractivity contribution in [3.05, 3.63) is 38.5 Å². The van der Waals surface area contributed by atoms with Gasteiger partial charge in [-0.3, -0.25) is 0 Å². The van der Waals surface area contributed by atoms with Crippen molar-refractivity contribution in [2.75, 3.05) is 0 Å². The van der Waals surface area contributed by atoms with Crippen LogP contribution in [0.4, 0.5) is 0 Å². The summed E-state index contributed by atoms with van der Waals surface area (Å²) in [7, 11) is 0. The van der Waals surface area contributed by atoms with E-state index in [0.717, 1.165) is 14.8 Å². The van der Waals surface area contributed by atoms with Crippen molar-refractivity contribution in [3.63, 3.8) is 0 Å². The number of aliphatic hydroxyl groups excluding tert-OH is 1. The Labute approximate surface area is 84.5 Å². The van der Waals surface area contributed by atoms with Crippen molar-refractivity contribution in [1.82, 2.24) is 4.98 Å². The van der Waals surface area contributed by atoms with Gasteiger partial charge in [-0.2, -0.15) is 0 Å². The highest BCUT2D eigenvalue weighted by Gasteiger charge is 2.13. The Hall–Kier alpha value is -0.710. The fraction of sp³-hybridized carbons (Fsp3) is 0.222. The number of thiazole rings is 1. The highest BCUT2D eigenvalue weighted by molar-refractivity contribution is 7.12. The molecule has 0 saturated heterocycles. The topological polar surface area (TPSA) is 33.1 Å². The van der Waals surface area contributed by atoms with Crippen LogP contribution in [-0.2, 0) is 0 Å². The maximum Gasteiger partial charge on any atom is 0.124 e. The smallest absolute Gasteiger partial charge is 0.124 e. The first-order chi connectivity index (χ1) is 6.27. The van der Waals surface area contributed by atoms with Crippen LogP contribution >= 0.6 is 22.7 Å². The number of thiophene rings is 1. The normalized spacial score (nSPS) is 13.1. The average Bonchev–Trinajstić information content (AvgIpc) is 2.72. The van der Waals surface area contributed by atoms with Crippen molar-refractivity contribution in [2.45, 2.75) is 13.0 Å². The lowest BCUT2D eigenvalue weighted by Crippen LogP contribution is -1.92. The van der Waals surface area contributed by atoms with Gasteiger partial charge in [0.05, 0.1) is 9.88 Å². The Balaban J connectivity index is 2.28. The van der Waals surface area contributed by atoms with Crippen LogP contribution in [0, 0.1) is 6.92 Å². The van der Waals surface area contributed by atoms with Crippen LogP contribution in [0.1, 0.15) is 20.9 Å². The maximum atomic E-state index is 9.87. The van der Waals surface area contributed by atoms with Crippen LogP contribution in [0.5, 0.6) is 0 Å². The molecule has 2 aromatic rings. The molecule has 1 atom stereocenters. The van der Waals surface area contributed by atoms with Gasteiger partial charge in [0.15, 0.2) is 0 Å². The summed E-state index contributed by atoms with van der Waals surface area (Å²) in [6, 6.07) is 3.88. The van der Waals surface area contributed by atoms with Gasteiger partial charge in [0, 0.05) is 11.1 Å². The predicted molar refractivity (Wildman–Crippen MR) is 55.2 cm³/mol. The third-order valence-electron chi connectivity index (χ3n) is 1.72. The predicted octanol–water partition coefficient (Wildman–Crippen LogP) is 2.59. The summed E-state index contributed by atoms with van der Waals surface area (Å²) in [6.45, 7) is 1.94. The molecule has 2 rings (SSSR count). The average molecular weight is 211 g/mol. The standard InChI is InChI=1S/C9H9NOS2/c1-6-10-5-8(13-6)9(11)7-3-2-4-12-7/h2-5,9,11H,1H3. The van der Waals surface area contributed by atoms with Gasteiger partial charge in [-0.15, -0.1) is 22.7 Å². The molecular weight excluding hydrogens is 202 g/mol. The molecule has 0 amide bonds. The highest BCUT2D eigenvalue weighted by Crippen LogP contribution is 2.29. The summed E-state index contributed by atoms with van der Waals surface area (Å²) in [5, 5.41) is 12.8. The lowest BCUT2D eigenvalue weighted by Gasteiger charge is -2.03. The fourth-order valence-electron chi connectivity index (χ4n) is 1.09. The Kier molecular flexibility index (Phi) is 2.44. The minimum absolute atomic E-state index is 0.494. The van der Waals surface area contributed by atoms with Crippen molar-refractivity contribution in [1.29, 1.82) is 0 Å². The first-order valence-electron chi connectivity index (χ1n) is 3.91. The summed E-state index contributed by atoms with van der Waals surface area (Å²) in [5.74, 6) is 0. The minimum atomic E-state index is -0.494. The molecule has 4 heteroatoms. The zero-order valence-electron chi connectivity index (χ0n) is 7.10. The molecule has 0 aliphatic carbocycles. The largest absolute Gasteiger partial charge is 0.382 e. The number of nitrogens with zero attached hydrogens (tertiary/aromatic N) is 1. The van der Waals surface area contributed by atoms with Crippen molar-refractivity contribution < 1.29 is 5.11 Å². The molecule has 1 N–H and O–H groups in total. The summed E-state index contributed by atoms with van der Waals surface area (Å²) in [6.07, 6.45) is 1.25. The molecule has 0 aliphatic heterocycles. The van der Waals surface area contributed by atoms with Crippen LogP contribution in [0.2, 0.25) is 0 Å². The molecule has 68 valence electrons. The Morgan fingerprint density at radius 2 is 2.31 bits per heavy atom. The highest BCUT2D eigenvalue weighted by atomic mass is 32.1. The van der Waals surface area contributed by atoms with Gasteiger partial charge in [0.2, 0.25) is 0 Å². The van der Waals surface area contributed by atoms with Gasteiger partial charge in [0.25, 0.3) is 0 Å². The first-order valence-corrected chi connectivity index (χ1v) is 5.61. The van der Waals surface area contributed by atoms with Crippen LogP contribution in [-0.4, -0.2) is 10.1 Å². The van der Waals surface area contributed by atoms with E-state index in [1.54, 1.807) is 17.5 Å². The van der Waals surface area contributed by atoms with E-state index in [9.17, 15) is 5.11 Å². The van der Waals surface area contributed by atoms with E-state index in [4.69, 9.17) is 0 Å². The van der Waals surface area contributed by atoms with E-state index in [-0.39, 0.29) is 0 Å². The van der Waals surface area contributed by atoms with E-state index >= 15 is 0 Å². The number of hydrogen-bond acceptors (Lipinski definition) is 4. The summed E-state index contributed by atoms with van der Waals surface area (Å²) < 4.78 is 0. The summed E-state index contributed by atoms with van der Waals surface area (Å²) in [5.41, 5.74) is 0. The minimum Gasteiger partial charge on any atom is -0.382 e. The van der Waals surface area contributed by atoms with Crippen molar-refractivity contribution in [3.8, 4) is 0 Å². The molecule has 0 radical (unpaired) electrons. The van der Waals surface area contributed by atoms with Crippen LogP contribution in [0.3, 0.4) is 0 Å². The molecule has 2 heterocycles. The monoisotopic (exact) mass is 211 g/mol. The van der Waals surface area contributed by atoms with Gasteiger partial charge >= 0.3 is 0 Å². The third kappa shape index (κ3) is 1.80. The van der Waals surface area contributed by atoms with E-state index in [1.165, 1.54) is 11.3 Å². The van der Waals surface area contributed by atoms with Gasteiger partial charge in [-0.05, 0) is 18.4 Å². The van der Waals surface area contributed by atoms with Crippen LogP contribution < -0.4 is 0 Å². The van der Waals surface area contributed by atoms with Gasteiger partial charge in [-0.25, -0.2) is 4.98 Å². The van der Waals surface area contributed by atoms with E-state index in [1.807, 2.05) is 24.4 Å². The molecule has 0 fully saturated rings. The maximum absolute atomic E-state index is 9.87. The van der Waals surface area contributed by atoms with E-state index < -0.39 is 6.10 Å². The van der Waals surface area contributed by atoms with E-state index in [0.29, 0.717) is 0 Å². The number of aryl methyl sites for hydroxylation is 1. The molecule has 0 bridgehead atoms. The van der Waals surface area contributed by atoms with Gasteiger partial charge < -0.3 is 5.11 Å². The molecule has 1 unspecified atom stereocenters. The van der Waals surface area contributed by atoms with E-state index in [2.05, 4.69) is 4.98 Å². The zero-order valence-corrected chi connectivity index (χ0v) is 8.73. The lowest BCUT2D eigenvalue weighted by atomic mass is 10.3. The molecule has 0 spiro atoms. The number of aromatic nitrogens is 1. The molecule has 0 saturated carbocycles. The summed E-state index contributed by atoms with van der Waals surface area (Å²) >= 11 is 3.10.